The molecule has 1 saturated carbocycles. The molecule has 3 aliphatic rings. The van der Waals surface area contributed by atoms with Crippen molar-refractivity contribution in [2.24, 2.45) is 5.92 Å². The topological polar surface area (TPSA) is 65.5 Å². The van der Waals surface area contributed by atoms with Gasteiger partial charge in [-0.25, -0.2) is 14.7 Å². The lowest BCUT2D eigenvalue weighted by atomic mass is 9.73. The predicted octanol–water partition coefficient (Wildman–Crippen LogP) is 4.28. The molecule has 0 bridgehead atoms. The monoisotopic (exact) mass is 412 g/mol. The number of fused-ring (bicyclic) bond motifs is 1. The van der Waals surface area contributed by atoms with Gasteiger partial charge in [-0.15, -0.1) is 11.3 Å². The number of carbonyl (C=O) groups is 2. The van der Waals surface area contributed by atoms with E-state index in [-0.39, 0.29) is 23.9 Å². The van der Waals surface area contributed by atoms with Crippen LogP contribution < -0.4 is 5.32 Å². The van der Waals surface area contributed by atoms with Gasteiger partial charge in [0.15, 0.2) is 0 Å². The molecule has 2 aliphatic heterocycles. The zero-order valence-corrected chi connectivity index (χ0v) is 17.7. The standard InChI is InChI=1S/C22H28N4O2S/c1-15-8-4-6-12-22(15)20(27)26(21(28)24-22)14-25-13-7-5-10-17(25)19-23-16-9-2-3-11-18(16)29-19/h2-3,9,11,15,17H,4-8,10,12-14H2,1H3,(H,24,28)/t15-,17+,22-/m0/s1. The second-order valence-corrected chi connectivity index (χ2v) is 9.83. The maximum absolute atomic E-state index is 13.4. The zero-order chi connectivity index (χ0) is 20.0. The van der Waals surface area contributed by atoms with Gasteiger partial charge in [-0.05, 0) is 43.7 Å². The van der Waals surface area contributed by atoms with E-state index in [9.17, 15) is 9.59 Å². The van der Waals surface area contributed by atoms with Crippen LogP contribution in [-0.2, 0) is 4.79 Å². The number of piperidine rings is 1. The fourth-order valence-corrected chi connectivity index (χ4v) is 6.42. The number of thiazole rings is 1. The lowest BCUT2D eigenvalue weighted by molar-refractivity contribution is -0.136. The number of nitrogens with zero attached hydrogens (tertiary/aromatic N) is 3. The third-order valence-corrected chi connectivity index (χ3v) is 8.17. The summed E-state index contributed by atoms with van der Waals surface area (Å²) in [6.45, 7) is 3.35. The van der Waals surface area contributed by atoms with Crippen LogP contribution in [0.1, 0.15) is 62.9 Å². The summed E-state index contributed by atoms with van der Waals surface area (Å²) >= 11 is 1.73. The Kier molecular flexibility index (Phi) is 4.82. The maximum atomic E-state index is 13.4. The van der Waals surface area contributed by atoms with E-state index in [1.54, 1.807) is 11.3 Å². The molecule has 1 aliphatic carbocycles. The van der Waals surface area contributed by atoms with Crippen LogP contribution in [0.15, 0.2) is 24.3 Å². The number of aromatic nitrogens is 1. The Bertz CT molecular complexity index is 911. The highest BCUT2D eigenvalue weighted by Gasteiger charge is 2.55. The Hall–Kier alpha value is -1.99. The minimum Gasteiger partial charge on any atom is -0.323 e. The second kappa shape index (κ2) is 7.36. The van der Waals surface area contributed by atoms with Crippen molar-refractivity contribution in [3.63, 3.8) is 0 Å². The number of para-hydroxylation sites is 1. The third-order valence-electron chi connectivity index (χ3n) is 7.03. The highest BCUT2D eigenvalue weighted by Crippen LogP contribution is 2.40. The fourth-order valence-electron chi connectivity index (χ4n) is 5.28. The van der Waals surface area contributed by atoms with E-state index in [4.69, 9.17) is 4.98 Å². The predicted molar refractivity (Wildman–Crippen MR) is 114 cm³/mol. The molecule has 3 atom stereocenters. The molecule has 2 aromatic rings. The summed E-state index contributed by atoms with van der Waals surface area (Å²) in [6, 6.07) is 8.16. The first-order chi connectivity index (χ1) is 14.1. The molecular weight excluding hydrogens is 384 g/mol. The lowest BCUT2D eigenvalue weighted by Gasteiger charge is -2.38. The molecule has 1 spiro atoms. The van der Waals surface area contributed by atoms with Gasteiger partial charge in [0, 0.05) is 6.54 Å². The smallest absolute Gasteiger partial charge is 0.323 e. The zero-order valence-electron chi connectivity index (χ0n) is 16.9. The summed E-state index contributed by atoms with van der Waals surface area (Å²) in [5.74, 6) is 0.169. The minimum atomic E-state index is -0.684. The van der Waals surface area contributed by atoms with Gasteiger partial charge in [0.2, 0.25) is 0 Å². The van der Waals surface area contributed by atoms with Crippen LogP contribution in [0.2, 0.25) is 0 Å². The summed E-state index contributed by atoms with van der Waals surface area (Å²) in [5.41, 5.74) is 0.347. The van der Waals surface area contributed by atoms with Crippen molar-refractivity contribution in [2.45, 2.75) is 63.5 Å². The molecule has 1 aromatic heterocycles. The molecule has 1 aromatic carbocycles. The first-order valence-corrected chi connectivity index (χ1v) is 11.6. The van der Waals surface area contributed by atoms with Crippen LogP contribution in [-0.4, -0.2) is 45.5 Å². The third kappa shape index (κ3) is 3.15. The molecule has 3 heterocycles. The van der Waals surface area contributed by atoms with Crippen LogP contribution in [0.25, 0.3) is 10.2 Å². The largest absolute Gasteiger partial charge is 0.326 e. The molecule has 0 unspecified atom stereocenters. The lowest BCUT2D eigenvalue weighted by Crippen LogP contribution is -2.54. The molecule has 0 radical (unpaired) electrons. The van der Waals surface area contributed by atoms with Crippen molar-refractivity contribution in [2.75, 3.05) is 13.2 Å². The van der Waals surface area contributed by atoms with E-state index < -0.39 is 5.54 Å². The number of hydrogen-bond acceptors (Lipinski definition) is 5. The average Bonchev–Trinajstić information content (AvgIpc) is 3.26. The highest BCUT2D eigenvalue weighted by atomic mass is 32.1. The van der Waals surface area contributed by atoms with Crippen molar-refractivity contribution in [1.82, 2.24) is 20.1 Å². The first-order valence-electron chi connectivity index (χ1n) is 10.8. The van der Waals surface area contributed by atoms with E-state index in [2.05, 4.69) is 23.2 Å². The number of rotatable bonds is 3. The Morgan fingerprint density at radius 1 is 1.17 bits per heavy atom. The molecule has 29 heavy (non-hydrogen) atoms. The highest BCUT2D eigenvalue weighted by molar-refractivity contribution is 7.18. The summed E-state index contributed by atoms with van der Waals surface area (Å²) in [5, 5.41) is 4.18. The van der Waals surface area contributed by atoms with Gasteiger partial charge in [-0.3, -0.25) is 9.69 Å². The number of imide groups is 1. The summed E-state index contributed by atoms with van der Waals surface area (Å²) in [4.78, 5) is 34.8. The number of carbonyl (C=O) groups excluding carboxylic acids is 2. The molecule has 154 valence electrons. The van der Waals surface area contributed by atoms with E-state index in [1.165, 1.54) is 9.60 Å². The van der Waals surface area contributed by atoms with E-state index in [0.29, 0.717) is 6.67 Å². The van der Waals surface area contributed by atoms with Crippen molar-refractivity contribution in [3.8, 4) is 0 Å². The molecular formula is C22H28N4O2S. The molecule has 3 fully saturated rings. The number of amides is 3. The number of likely N-dealkylation sites (tertiary alicyclic amines) is 1. The van der Waals surface area contributed by atoms with E-state index in [0.717, 1.165) is 62.0 Å². The average molecular weight is 413 g/mol. The molecule has 1 N–H and O–H groups in total. The van der Waals surface area contributed by atoms with Crippen molar-refractivity contribution < 1.29 is 9.59 Å². The van der Waals surface area contributed by atoms with Crippen LogP contribution in [0.4, 0.5) is 4.79 Å². The van der Waals surface area contributed by atoms with Gasteiger partial charge >= 0.3 is 6.03 Å². The Balaban J connectivity index is 1.39. The van der Waals surface area contributed by atoms with Gasteiger partial charge in [0.05, 0.1) is 22.9 Å². The second-order valence-electron chi connectivity index (χ2n) is 8.77. The molecule has 3 amide bonds. The van der Waals surface area contributed by atoms with Crippen molar-refractivity contribution in [1.29, 1.82) is 0 Å². The number of hydrogen-bond donors (Lipinski definition) is 1. The number of urea groups is 1. The van der Waals surface area contributed by atoms with Crippen LogP contribution >= 0.6 is 11.3 Å². The Labute approximate surface area is 175 Å². The first kappa shape index (κ1) is 19.0. The van der Waals surface area contributed by atoms with Crippen LogP contribution in [0, 0.1) is 5.92 Å². The van der Waals surface area contributed by atoms with Crippen LogP contribution in [0.3, 0.4) is 0 Å². The van der Waals surface area contributed by atoms with Crippen molar-refractivity contribution in [3.05, 3.63) is 29.3 Å². The van der Waals surface area contributed by atoms with Gasteiger partial charge in [-0.2, -0.15) is 0 Å². The normalized spacial score (nSPS) is 31.0. The fraction of sp³-hybridized carbons (Fsp3) is 0.591. The number of nitrogens with one attached hydrogen (secondary N) is 1. The molecule has 2 saturated heterocycles. The maximum Gasteiger partial charge on any atom is 0.326 e. The van der Waals surface area contributed by atoms with Gasteiger partial charge in [-0.1, -0.05) is 38.3 Å². The Morgan fingerprint density at radius 3 is 2.83 bits per heavy atom. The quantitative estimate of drug-likeness (QED) is 0.764. The van der Waals surface area contributed by atoms with Crippen molar-refractivity contribution >= 4 is 33.5 Å². The number of benzene rings is 1. The van der Waals surface area contributed by atoms with Gasteiger partial charge < -0.3 is 5.32 Å². The van der Waals surface area contributed by atoms with E-state index >= 15 is 0 Å². The molecule has 6 nitrogen and oxygen atoms in total. The molecule has 7 heteroatoms. The van der Waals surface area contributed by atoms with Gasteiger partial charge in [0.25, 0.3) is 5.91 Å². The SMILES string of the molecule is C[C@H]1CCCC[C@]12NC(=O)N(CN1CCCC[C@@H]1c1nc3ccccc3s1)C2=O. The summed E-state index contributed by atoms with van der Waals surface area (Å²) < 4.78 is 1.19. The Morgan fingerprint density at radius 2 is 2.00 bits per heavy atom. The van der Waals surface area contributed by atoms with Gasteiger partial charge in [0.1, 0.15) is 10.5 Å². The summed E-state index contributed by atoms with van der Waals surface area (Å²) in [7, 11) is 0. The molecule has 5 rings (SSSR count). The van der Waals surface area contributed by atoms with E-state index in [1.807, 2.05) is 18.2 Å². The van der Waals surface area contributed by atoms with Crippen LogP contribution in [0.5, 0.6) is 0 Å². The minimum absolute atomic E-state index is 0.0247. The summed E-state index contributed by atoms with van der Waals surface area (Å²) in [6.07, 6.45) is 7.16.